The second kappa shape index (κ2) is 8.41. The fourth-order valence-corrected chi connectivity index (χ4v) is 4.83. The number of hydrogen-bond donors (Lipinski definition) is 3. The molecular formula is C25H29N5O2. The molecule has 32 heavy (non-hydrogen) atoms. The van der Waals surface area contributed by atoms with Crippen LogP contribution in [0.4, 0.5) is 0 Å². The van der Waals surface area contributed by atoms with Crippen LogP contribution in [-0.4, -0.2) is 59.8 Å². The number of benzene rings is 1. The molecule has 7 heteroatoms. The predicted octanol–water partition coefficient (Wildman–Crippen LogP) is 2.60. The van der Waals surface area contributed by atoms with E-state index in [1.807, 2.05) is 18.2 Å². The van der Waals surface area contributed by atoms with Gasteiger partial charge in [0.15, 0.2) is 5.78 Å². The molecule has 3 aliphatic rings. The normalized spacial score (nSPS) is 23.9. The number of fused-ring (bicyclic) bond motifs is 2. The Labute approximate surface area is 187 Å². The van der Waals surface area contributed by atoms with E-state index in [2.05, 4.69) is 44.7 Å². The average Bonchev–Trinajstić information content (AvgIpc) is 3.37. The minimum atomic E-state index is -0.0401. The largest absolute Gasteiger partial charge is 0.402 e. The second-order valence-corrected chi connectivity index (χ2v) is 8.76. The van der Waals surface area contributed by atoms with Crippen molar-refractivity contribution in [3.63, 3.8) is 0 Å². The van der Waals surface area contributed by atoms with Crippen molar-refractivity contribution in [2.75, 3.05) is 32.8 Å². The van der Waals surface area contributed by atoms with Crippen LogP contribution in [0.1, 0.15) is 25.1 Å². The van der Waals surface area contributed by atoms with Crippen molar-refractivity contribution >= 4 is 28.0 Å². The Hall–Kier alpha value is -3.16. The molecule has 0 amide bonds. The summed E-state index contributed by atoms with van der Waals surface area (Å²) in [5.74, 6) is 0.252. The molecule has 2 aliphatic heterocycles. The lowest BCUT2D eigenvalue weighted by molar-refractivity contribution is -0.111. The van der Waals surface area contributed by atoms with Gasteiger partial charge in [-0.05, 0) is 43.2 Å². The number of carbonyl (C=O) groups excluding carboxylic acids is 1. The molecule has 1 aromatic carbocycles. The molecule has 0 bridgehead atoms. The Kier molecular flexibility index (Phi) is 5.45. The number of ketones is 1. The number of ether oxygens (including phenoxy) is 1. The van der Waals surface area contributed by atoms with Gasteiger partial charge in [-0.15, -0.1) is 0 Å². The Morgan fingerprint density at radius 1 is 1.25 bits per heavy atom. The number of hydrogen-bond acceptors (Lipinski definition) is 6. The number of nitrogens with two attached hydrogens (primary N) is 1. The van der Waals surface area contributed by atoms with Crippen LogP contribution in [-0.2, 0) is 9.53 Å². The van der Waals surface area contributed by atoms with Crippen LogP contribution in [0.15, 0.2) is 53.8 Å². The maximum atomic E-state index is 12.1. The molecule has 4 N–H and O–H groups in total. The quantitative estimate of drug-likeness (QED) is 0.630. The number of Topliss-reactive ketones (excluding diaryl/α,β-unsaturated/α-hetero) is 1. The molecule has 2 atom stereocenters. The van der Waals surface area contributed by atoms with Crippen molar-refractivity contribution in [1.82, 2.24) is 20.4 Å². The number of H-pyrrole nitrogens is 1. The van der Waals surface area contributed by atoms with Gasteiger partial charge in [0.25, 0.3) is 0 Å². The number of allylic oxidation sites excluding steroid dienone is 2. The Morgan fingerprint density at radius 2 is 2.06 bits per heavy atom. The van der Waals surface area contributed by atoms with Gasteiger partial charge in [-0.3, -0.25) is 14.8 Å². The maximum Gasteiger partial charge on any atom is 0.162 e. The first-order chi connectivity index (χ1) is 15.5. The summed E-state index contributed by atoms with van der Waals surface area (Å²) in [5, 5.41) is 12.3. The molecule has 1 aromatic heterocycles. The van der Waals surface area contributed by atoms with Crippen molar-refractivity contribution in [2.24, 2.45) is 11.7 Å². The first-order valence-electron chi connectivity index (χ1n) is 11.1. The standard InChI is InChI=1S/C25H29N5O2/c1-15(26)24(16(2)31)18-4-6-22-20(12-18)25(29-28-22)23-13-19-11-17(3-5-21(19)27-23)14-30-7-9-32-10-8-30/h3-6,11-13,19,21,27H,7-10,14,26H2,1-2H3,(H,28,29). The number of nitrogens with zero attached hydrogens (tertiary/aromatic N) is 2. The van der Waals surface area contributed by atoms with E-state index >= 15 is 0 Å². The smallest absolute Gasteiger partial charge is 0.162 e. The lowest BCUT2D eigenvalue weighted by Gasteiger charge is -2.28. The number of nitrogens with one attached hydrogen (secondary N) is 2. The molecule has 2 unspecified atom stereocenters. The molecule has 166 valence electrons. The predicted molar refractivity (Wildman–Crippen MR) is 126 cm³/mol. The van der Waals surface area contributed by atoms with Crippen molar-refractivity contribution in [2.45, 2.75) is 19.9 Å². The summed E-state index contributed by atoms with van der Waals surface area (Å²) >= 11 is 0. The lowest BCUT2D eigenvalue weighted by Crippen LogP contribution is -2.38. The van der Waals surface area contributed by atoms with Crippen molar-refractivity contribution in [3.05, 3.63) is 65.0 Å². The van der Waals surface area contributed by atoms with E-state index in [0.29, 0.717) is 17.2 Å². The van der Waals surface area contributed by atoms with Gasteiger partial charge in [0.2, 0.25) is 0 Å². The van der Waals surface area contributed by atoms with E-state index in [-0.39, 0.29) is 11.8 Å². The molecular weight excluding hydrogens is 402 g/mol. The highest BCUT2D eigenvalue weighted by atomic mass is 16.5. The molecule has 5 rings (SSSR count). The molecule has 2 aromatic rings. The molecule has 0 spiro atoms. The minimum absolute atomic E-state index is 0.0401. The average molecular weight is 432 g/mol. The van der Waals surface area contributed by atoms with Crippen LogP contribution in [0.3, 0.4) is 0 Å². The highest BCUT2D eigenvalue weighted by molar-refractivity contribution is 6.20. The number of rotatable bonds is 5. The van der Waals surface area contributed by atoms with Crippen molar-refractivity contribution < 1.29 is 9.53 Å². The summed E-state index contributed by atoms with van der Waals surface area (Å²) < 4.78 is 5.46. The minimum Gasteiger partial charge on any atom is -0.402 e. The zero-order valence-electron chi connectivity index (χ0n) is 18.5. The molecule has 1 aliphatic carbocycles. The topological polar surface area (TPSA) is 96.3 Å². The van der Waals surface area contributed by atoms with Gasteiger partial charge in [-0.1, -0.05) is 24.3 Å². The van der Waals surface area contributed by atoms with E-state index < -0.39 is 0 Å². The van der Waals surface area contributed by atoms with Gasteiger partial charge in [0.1, 0.15) is 5.69 Å². The summed E-state index contributed by atoms with van der Waals surface area (Å²) in [6.45, 7) is 7.86. The summed E-state index contributed by atoms with van der Waals surface area (Å²) in [7, 11) is 0. The van der Waals surface area contributed by atoms with Crippen molar-refractivity contribution in [3.8, 4) is 0 Å². The highest BCUT2D eigenvalue weighted by Crippen LogP contribution is 2.33. The fourth-order valence-electron chi connectivity index (χ4n) is 4.83. The van der Waals surface area contributed by atoms with E-state index in [1.54, 1.807) is 13.8 Å². The number of morpholine rings is 1. The van der Waals surface area contributed by atoms with Crippen molar-refractivity contribution in [1.29, 1.82) is 0 Å². The highest BCUT2D eigenvalue weighted by Gasteiger charge is 2.29. The lowest BCUT2D eigenvalue weighted by atomic mass is 9.93. The van der Waals surface area contributed by atoms with E-state index in [9.17, 15) is 4.79 Å². The molecule has 1 fully saturated rings. The summed E-state index contributed by atoms with van der Waals surface area (Å²) in [5.41, 5.74) is 12.0. The Bertz CT molecular complexity index is 1180. The number of aromatic nitrogens is 2. The fraction of sp³-hybridized carbons (Fsp3) is 0.360. The summed E-state index contributed by atoms with van der Waals surface area (Å²) in [4.78, 5) is 14.6. The van der Waals surface area contributed by atoms with E-state index in [1.165, 1.54) is 5.57 Å². The molecule has 0 saturated carbocycles. The number of aromatic amines is 1. The Balaban J connectivity index is 1.43. The monoisotopic (exact) mass is 431 g/mol. The van der Waals surface area contributed by atoms with Gasteiger partial charge in [-0.2, -0.15) is 5.10 Å². The molecule has 1 saturated heterocycles. The third kappa shape index (κ3) is 3.89. The first-order valence-corrected chi connectivity index (χ1v) is 11.1. The van der Waals surface area contributed by atoms with Gasteiger partial charge < -0.3 is 15.8 Å². The third-order valence-corrected chi connectivity index (χ3v) is 6.38. The van der Waals surface area contributed by atoms with Gasteiger partial charge in [-0.25, -0.2) is 0 Å². The number of carbonyl (C=O) groups is 1. The first kappa shape index (κ1) is 20.7. The van der Waals surface area contributed by atoms with Crippen LogP contribution in [0.5, 0.6) is 0 Å². The van der Waals surface area contributed by atoms with E-state index in [0.717, 1.165) is 60.7 Å². The van der Waals surface area contributed by atoms with Gasteiger partial charge in [0.05, 0.1) is 30.5 Å². The SMILES string of the molecule is CC(=O)C(=C(C)N)c1ccc2[nH]nc(C3=CC4C=C(CN5CCOCC5)C=CC4N3)c2c1. The zero-order chi connectivity index (χ0) is 22.2. The Morgan fingerprint density at radius 3 is 2.81 bits per heavy atom. The summed E-state index contributed by atoms with van der Waals surface area (Å²) in [6.07, 6.45) is 9.09. The van der Waals surface area contributed by atoms with Gasteiger partial charge >= 0.3 is 0 Å². The van der Waals surface area contributed by atoms with Crippen LogP contribution >= 0.6 is 0 Å². The van der Waals surface area contributed by atoms with Gasteiger partial charge in [0, 0.05) is 42.2 Å². The molecule has 0 radical (unpaired) electrons. The van der Waals surface area contributed by atoms with Crippen LogP contribution in [0, 0.1) is 5.92 Å². The van der Waals surface area contributed by atoms with Crippen LogP contribution < -0.4 is 11.1 Å². The van der Waals surface area contributed by atoms with E-state index in [4.69, 9.17) is 10.5 Å². The molecule has 7 nitrogen and oxygen atoms in total. The second-order valence-electron chi connectivity index (χ2n) is 8.76. The summed E-state index contributed by atoms with van der Waals surface area (Å²) in [6, 6.07) is 6.10. The maximum absolute atomic E-state index is 12.1. The van der Waals surface area contributed by atoms with Crippen LogP contribution in [0.25, 0.3) is 22.2 Å². The third-order valence-electron chi connectivity index (χ3n) is 6.38. The van der Waals surface area contributed by atoms with Crippen LogP contribution in [0.2, 0.25) is 0 Å². The molecule has 3 heterocycles. The zero-order valence-corrected chi connectivity index (χ0v) is 18.5.